The molecule has 1 aromatic carbocycles. The molecular formula is C9H8ClFNO. The van der Waals surface area contributed by atoms with Gasteiger partial charge < -0.3 is 5.32 Å². The molecule has 0 atom stereocenters. The van der Waals surface area contributed by atoms with Crippen LogP contribution in [0.1, 0.15) is 5.56 Å². The van der Waals surface area contributed by atoms with Gasteiger partial charge in [-0.3, -0.25) is 4.79 Å². The van der Waals surface area contributed by atoms with Crippen LogP contribution < -0.4 is 5.32 Å². The van der Waals surface area contributed by atoms with Gasteiger partial charge in [0, 0.05) is 7.05 Å². The minimum atomic E-state index is -0.490. The normalized spacial score (nSPS) is 9.77. The van der Waals surface area contributed by atoms with Gasteiger partial charge in [-0.2, -0.15) is 0 Å². The van der Waals surface area contributed by atoms with Crippen LogP contribution >= 0.6 is 11.6 Å². The summed E-state index contributed by atoms with van der Waals surface area (Å²) in [5, 5.41) is 2.43. The second-order valence-corrected chi connectivity index (χ2v) is 2.84. The van der Waals surface area contributed by atoms with Gasteiger partial charge in [-0.05, 0) is 17.7 Å². The molecule has 0 aliphatic heterocycles. The SMILES string of the molecule is CNC(=O)[CH]c1ccc(F)c(Cl)c1. The molecule has 0 unspecified atom stereocenters. The van der Waals surface area contributed by atoms with Crippen molar-refractivity contribution in [2.45, 2.75) is 0 Å². The summed E-state index contributed by atoms with van der Waals surface area (Å²) in [6.45, 7) is 0. The van der Waals surface area contributed by atoms with Gasteiger partial charge in [-0.1, -0.05) is 17.7 Å². The first-order valence-electron chi connectivity index (χ1n) is 3.65. The molecule has 0 saturated heterocycles. The summed E-state index contributed by atoms with van der Waals surface area (Å²) < 4.78 is 12.7. The summed E-state index contributed by atoms with van der Waals surface area (Å²) in [6, 6.07) is 4.10. The summed E-state index contributed by atoms with van der Waals surface area (Å²) in [4.78, 5) is 10.9. The second-order valence-electron chi connectivity index (χ2n) is 2.43. The fraction of sp³-hybridized carbons (Fsp3) is 0.111. The van der Waals surface area contributed by atoms with E-state index in [9.17, 15) is 9.18 Å². The van der Waals surface area contributed by atoms with Crippen molar-refractivity contribution in [2.24, 2.45) is 0 Å². The zero-order valence-corrected chi connectivity index (χ0v) is 7.73. The van der Waals surface area contributed by atoms with Gasteiger partial charge in [0.05, 0.1) is 11.4 Å². The van der Waals surface area contributed by atoms with Gasteiger partial charge in [0.15, 0.2) is 0 Å². The standard InChI is InChI=1S/C9H8ClFNO/c1-12-9(13)5-6-2-3-8(11)7(10)4-6/h2-5H,1H3,(H,12,13). The molecule has 0 aliphatic rings. The van der Waals surface area contributed by atoms with E-state index in [1.807, 2.05) is 0 Å². The summed E-state index contributed by atoms with van der Waals surface area (Å²) >= 11 is 5.51. The van der Waals surface area contributed by atoms with Crippen LogP contribution in [0.15, 0.2) is 18.2 Å². The average Bonchev–Trinajstić information content (AvgIpc) is 2.11. The van der Waals surface area contributed by atoms with Crippen LogP contribution in [0.25, 0.3) is 0 Å². The Labute approximate surface area is 80.7 Å². The molecule has 13 heavy (non-hydrogen) atoms. The van der Waals surface area contributed by atoms with Gasteiger partial charge in [-0.25, -0.2) is 4.39 Å². The molecule has 0 heterocycles. The lowest BCUT2D eigenvalue weighted by Gasteiger charge is -2.00. The van der Waals surface area contributed by atoms with E-state index in [1.165, 1.54) is 31.7 Å². The van der Waals surface area contributed by atoms with Crippen LogP contribution in [-0.2, 0) is 4.79 Å². The number of amides is 1. The molecule has 0 fully saturated rings. The number of hydrogen-bond donors (Lipinski definition) is 1. The lowest BCUT2D eigenvalue weighted by atomic mass is 10.1. The molecule has 0 saturated carbocycles. The Hall–Kier alpha value is -1.09. The Balaban J connectivity index is 2.79. The van der Waals surface area contributed by atoms with E-state index in [4.69, 9.17) is 11.6 Å². The number of rotatable bonds is 2. The highest BCUT2D eigenvalue weighted by Gasteiger charge is 2.04. The third-order valence-electron chi connectivity index (χ3n) is 1.49. The number of halogens is 2. The van der Waals surface area contributed by atoms with Crippen molar-refractivity contribution >= 4 is 17.5 Å². The molecule has 1 amide bonds. The highest BCUT2D eigenvalue weighted by Crippen LogP contribution is 2.16. The van der Waals surface area contributed by atoms with Gasteiger partial charge in [0.1, 0.15) is 5.82 Å². The molecule has 0 spiro atoms. The van der Waals surface area contributed by atoms with Crippen molar-refractivity contribution in [1.29, 1.82) is 0 Å². The van der Waals surface area contributed by atoms with Crippen LogP contribution in [0, 0.1) is 12.2 Å². The van der Waals surface area contributed by atoms with Gasteiger partial charge in [-0.15, -0.1) is 0 Å². The summed E-state index contributed by atoms with van der Waals surface area (Å²) in [6.07, 6.45) is 1.34. The predicted octanol–water partition coefficient (Wildman–Crippen LogP) is 1.78. The third kappa shape index (κ3) is 2.70. The molecule has 2 nitrogen and oxygen atoms in total. The maximum atomic E-state index is 12.7. The molecule has 69 valence electrons. The Bertz CT molecular complexity index is 327. The average molecular weight is 201 g/mol. The van der Waals surface area contributed by atoms with Crippen molar-refractivity contribution in [2.75, 3.05) is 7.05 Å². The highest BCUT2D eigenvalue weighted by molar-refractivity contribution is 6.30. The maximum Gasteiger partial charge on any atom is 0.228 e. The van der Waals surface area contributed by atoms with Crippen molar-refractivity contribution in [3.05, 3.63) is 41.0 Å². The van der Waals surface area contributed by atoms with E-state index in [0.29, 0.717) is 5.56 Å². The van der Waals surface area contributed by atoms with E-state index >= 15 is 0 Å². The maximum absolute atomic E-state index is 12.7. The molecule has 0 aromatic heterocycles. The van der Waals surface area contributed by atoms with Crippen molar-refractivity contribution < 1.29 is 9.18 Å². The molecule has 4 heteroatoms. The van der Waals surface area contributed by atoms with Crippen LogP contribution in [0.3, 0.4) is 0 Å². The van der Waals surface area contributed by atoms with Crippen LogP contribution in [0.2, 0.25) is 5.02 Å². The van der Waals surface area contributed by atoms with Crippen LogP contribution in [-0.4, -0.2) is 13.0 Å². The summed E-state index contributed by atoms with van der Waals surface area (Å²) in [7, 11) is 1.52. The van der Waals surface area contributed by atoms with Crippen LogP contribution in [0.5, 0.6) is 0 Å². The largest absolute Gasteiger partial charge is 0.359 e. The first-order chi connectivity index (χ1) is 6.13. The van der Waals surface area contributed by atoms with Crippen LogP contribution in [0.4, 0.5) is 4.39 Å². The fourth-order valence-electron chi connectivity index (χ4n) is 0.826. The lowest BCUT2D eigenvalue weighted by molar-refractivity contribution is -0.117. The number of benzene rings is 1. The summed E-state index contributed by atoms with van der Waals surface area (Å²) in [5.74, 6) is -0.738. The van der Waals surface area contributed by atoms with E-state index < -0.39 is 5.82 Å². The summed E-state index contributed by atoms with van der Waals surface area (Å²) in [5.41, 5.74) is 0.575. The Morgan fingerprint density at radius 2 is 2.31 bits per heavy atom. The first-order valence-corrected chi connectivity index (χ1v) is 4.03. The lowest BCUT2D eigenvalue weighted by Crippen LogP contribution is -2.18. The van der Waals surface area contributed by atoms with Crippen molar-refractivity contribution in [3.8, 4) is 0 Å². The Morgan fingerprint density at radius 1 is 1.62 bits per heavy atom. The number of carbonyl (C=O) groups is 1. The fourth-order valence-corrected chi connectivity index (χ4v) is 1.01. The molecule has 1 N–H and O–H groups in total. The predicted molar refractivity (Wildman–Crippen MR) is 48.9 cm³/mol. The van der Waals surface area contributed by atoms with E-state index in [1.54, 1.807) is 0 Å². The number of carbonyl (C=O) groups excluding carboxylic acids is 1. The van der Waals surface area contributed by atoms with Gasteiger partial charge in [0.2, 0.25) is 5.91 Å². The first kappa shape index (κ1) is 9.99. The van der Waals surface area contributed by atoms with Crippen molar-refractivity contribution in [3.63, 3.8) is 0 Å². The molecule has 0 aliphatic carbocycles. The second kappa shape index (κ2) is 4.23. The molecule has 1 rings (SSSR count). The van der Waals surface area contributed by atoms with Crippen molar-refractivity contribution in [1.82, 2.24) is 5.32 Å². The number of likely N-dealkylation sites (N-methyl/N-ethyl adjacent to an activating group) is 1. The number of hydrogen-bond acceptors (Lipinski definition) is 1. The monoisotopic (exact) mass is 200 g/mol. The minimum Gasteiger partial charge on any atom is -0.359 e. The van der Waals surface area contributed by atoms with Gasteiger partial charge in [0.25, 0.3) is 0 Å². The smallest absolute Gasteiger partial charge is 0.228 e. The van der Waals surface area contributed by atoms with E-state index in [-0.39, 0.29) is 10.9 Å². The van der Waals surface area contributed by atoms with E-state index in [2.05, 4.69) is 5.32 Å². The molecule has 1 aromatic rings. The zero-order valence-electron chi connectivity index (χ0n) is 6.97. The molecule has 1 radical (unpaired) electrons. The minimum absolute atomic E-state index is 0.0117. The zero-order chi connectivity index (χ0) is 9.84. The highest BCUT2D eigenvalue weighted by atomic mass is 35.5. The molecule has 0 bridgehead atoms. The quantitative estimate of drug-likeness (QED) is 0.775. The topological polar surface area (TPSA) is 29.1 Å². The molecular weight excluding hydrogens is 193 g/mol. The Morgan fingerprint density at radius 3 is 2.85 bits per heavy atom. The number of nitrogens with one attached hydrogen (secondary N) is 1. The van der Waals surface area contributed by atoms with E-state index in [0.717, 1.165) is 0 Å². The van der Waals surface area contributed by atoms with Gasteiger partial charge >= 0.3 is 0 Å². The Kier molecular flexibility index (Phi) is 3.25. The third-order valence-corrected chi connectivity index (χ3v) is 1.78.